The van der Waals surface area contributed by atoms with Crippen molar-refractivity contribution in [2.45, 2.75) is 10.8 Å². The van der Waals surface area contributed by atoms with E-state index in [9.17, 15) is 8.42 Å². The van der Waals surface area contributed by atoms with E-state index in [-0.39, 0.29) is 10.8 Å². The predicted octanol–water partition coefficient (Wildman–Crippen LogP) is 3.92. The quantitative estimate of drug-likeness (QED) is 0.701. The standard InChI is InChI=1S/C15H13BrN2O2S2/c16-12-5-3-7-14-11(12)8-15(21-14)22(19,20)18-13-6-2-1-4-10(13)9-17/h1-8,18H,9,17H2. The number of rotatable bonds is 4. The highest BCUT2D eigenvalue weighted by molar-refractivity contribution is 9.10. The van der Waals surface area contributed by atoms with E-state index in [1.54, 1.807) is 24.3 Å². The van der Waals surface area contributed by atoms with Gasteiger partial charge in [0.05, 0.1) is 5.69 Å². The summed E-state index contributed by atoms with van der Waals surface area (Å²) in [6.07, 6.45) is 0. The summed E-state index contributed by atoms with van der Waals surface area (Å²) in [5, 5.41) is 0.889. The number of nitrogens with one attached hydrogen (secondary N) is 1. The first-order chi connectivity index (χ1) is 10.5. The molecule has 0 spiro atoms. The molecule has 0 saturated carbocycles. The lowest BCUT2D eigenvalue weighted by molar-refractivity contribution is 0.603. The lowest BCUT2D eigenvalue weighted by Crippen LogP contribution is -2.13. The Balaban J connectivity index is 2.03. The van der Waals surface area contributed by atoms with Crippen LogP contribution in [0.3, 0.4) is 0 Å². The Hall–Kier alpha value is -1.41. The van der Waals surface area contributed by atoms with Gasteiger partial charge in [0, 0.05) is 21.1 Å². The zero-order chi connectivity index (χ0) is 15.7. The van der Waals surface area contributed by atoms with Gasteiger partial charge in [0.15, 0.2) is 0 Å². The average Bonchev–Trinajstić information content (AvgIpc) is 2.94. The van der Waals surface area contributed by atoms with E-state index in [1.807, 2.05) is 24.3 Å². The van der Waals surface area contributed by atoms with Crippen LogP contribution in [-0.2, 0) is 16.6 Å². The molecule has 0 unspecified atom stereocenters. The molecule has 3 aromatic rings. The van der Waals surface area contributed by atoms with Crippen molar-refractivity contribution in [2.75, 3.05) is 4.72 Å². The van der Waals surface area contributed by atoms with Crippen LogP contribution in [0.15, 0.2) is 57.2 Å². The van der Waals surface area contributed by atoms with Crippen LogP contribution >= 0.6 is 27.3 Å². The molecule has 0 radical (unpaired) electrons. The van der Waals surface area contributed by atoms with Crippen LogP contribution in [0.1, 0.15) is 5.56 Å². The van der Waals surface area contributed by atoms with Crippen LogP contribution in [0.5, 0.6) is 0 Å². The van der Waals surface area contributed by atoms with Crippen molar-refractivity contribution in [3.63, 3.8) is 0 Å². The number of hydrogen-bond acceptors (Lipinski definition) is 4. The number of nitrogens with two attached hydrogens (primary N) is 1. The van der Waals surface area contributed by atoms with Crippen molar-refractivity contribution in [2.24, 2.45) is 5.73 Å². The molecule has 7 heteroatoms. The maximum Gasteiger partial charge on any atom is 0.271 e. The Morgan fingerprint density at radius 3 is 2.64 bits per heavy atom. The van der Waals surface area contributed by atoms with E-state index in [0.717, 1.165) is 20.1 Å². The van der Waals surface area contributed by atoms with Crippen LogP contribution in [-0.4, -0.2) is 8.42 Å². The molecular formula is C15H13BrN2O2S2. The molecule has 2 aromatic carbocycles. The monoisotopic (exact) mass is 396 g/mol. The first-order valence-corrected chi connectivity index (χ1v) is 9.59. The Kier molecular flexibility index (Phi) is 4.22. The smallest absolute Gasteiger partial charge is 0.271 e. The Morgan fingerprint density at radius 1 is 1.14 bits per heavy atom. The number of halogens is 1. The van der Waals surface area contributed by atoms with Crippen LogP contribution in [0.2, 0.25) is 0 Å². The van der Waals surface area contributed by atoms with Gasteiger partial charge in [0.1, 0.15) is 4.21 Å². The molecule has 0 aliphatic rings. The van der Waals surface area contributed by atoms with Gasteiger partial charge in [-0.05, 0) is 29.8 Å². The van der Waals surface area contributed by atoms with Crippen LogP contribution in [0.25, 0.3) is 10.1 Å². The molecule has 0 atom stereocenters. The van der Waals surface area contributed by atoms with Gasteiger partial charge in [-0.25, -0.2) is 8.42 Å². The summed E-state index contributed by atoms with van der Waals surface area (Å²) in [6.45, 7) is 0.274. The van der Waals surface area contributed by atoms with Gasteiger partial charge in [-0.1, -0.05) is 40.2 Å². The van der Waals surface area contributed by atoms with Crippen molar-refractivity contribution in [3.05, 3.63) is 58.6 Å². The second kappa shape index (κ2) is 6.00. The SMILES string of the molecule is NCc1ccccc1NS(=O)(=O)c1cc2c(Br)cccc2s1. The molecular weight excluding hydrogens is 384 g/mol. The van der Waals surface area contributed by atoms with Gasteiger partial charge in [-0.2, -0.15) is 0 Å². The van der Waals surface area contributed by atoms with Crippen molar-refractivity contribution < 1.29 is 8.42 Å². The first-order valence-electron chi connectivity index (χ1n) is 6.50. The molecule has 114 valence electrons. The number of anilines is 1. The molecule has 0 bridgehead atoms. The third kappa shape index (κ3) is 2.89. The minimum absolute atomic E-state index is 0.274. The largest absolute Gasteiger partial charge is 0.326 e. The Morgan fingerprint density at radius 2 is 1.91 bits per heavy atom. The zero-order valence-corrected chi connectivity index (χ0v) is 14.6. The van der Waals surface area contributed by atoms with E-state index in [4.69, 9.17) is 5.73 Å². The third-order valence-corrected chi connectivity index (χ3v) is 6.86. The van der Waals surface area contributed by atoms with Gasteiger partial charge < -0.3 is 5.73 Å². The van der Waals surface area contributed by atoms with Gasteiger partial charge in [-0.3, -0.25) is 4.72 Å². The number of sulfonamides is 1. The maximum atomic E-state index is 12.6. The van der Waals surface area contributed by atoms with E-state index in [1.165, 1.54) is 11.3 Å². The van der Waals surface area contributed by atoms with Gasteiger partial charge in [-0.15, -0.1) is 11.3 Å². The number of benzene rings is 2. The van der Waals surface area contributed by atoms with Crippen molar-refractivity contribution in [1.29, 1.82) is 0 Å². The van der Waals surface area contributed by atoms with E-state index in [0.29, 0.717) is 5.69 Å². The minimum Gasteiger partial charge on any atom is -0.326 e. The molecule has 0 aliphatic carbocycles. The fraction of sp³-hybridized carbons (Fsp3) is 0.0667. The second-order valence-corrected chi connectivity index (χ2v) is 8.53. The summed E-state index contributed by atoms with van der Waals surface area (Å²) >= 11 is 4.68. The maximum absolute atomic E-state index is 12.6. The first kappa shape index (κ1) is 15.5. The summed E-state index contributed by atoms with van der Waals surface area (Å²) in [6, 6.07) is 14.5. The number of thiophene rings is 1. The molecule has 0 saturated heterocycles. The van der Waals surface area contributed by atoms with Crippen molar-refractivity contribution in [3.8, 4) is 0 Å². The van der Waals surface area contributed by atoms with Crippen LogP contribution in [0.4, 0.5) is 5.69 Å². The summed E-state index contributed by atoms with van der Waals surface area (Å²) in [5.41, 5.74) is 6.92. The molecule has 3 rings (SSSR count). The lowest BCUT2D eigenvalue weighted by Gasteiger charge is -2.10. The molecule has 0 aliphatic heterocycles. The molecule has 1 aromatic heterocycles. The topological polar surface area (TPSA) is 72.2 Å². The summed E-state index contributed by atoms with van der Waals surface area (Å²) in [4.78, 5) is 0. The van der Waals surface area contributed by atoms with Gasteiger partial charge in [0.25, 0.3) is 10.0 Å². The van der Waals surface area contributed by atoms with Crippen LogP contribution < -0.4 is 10.5 Å². The molecule has 0 fully saturated rings. The lowest BCUT2D eigenvalue weighted by atomic mass is 10.2. The Bertz CT molecular complexity index is 936. The molecule has 4 nitrogen and oxygen atoms in total. The molecule has 22 heavy (non-hydrogen) atoms. The molecule has 1 heterocycles. The number of hydrogen-bond donors (Lipinski definition) is 2. The summed E-state index contributed by atoms with van der Waals surface area (Å²) in [5.74, 6) is 0. The molecule has 0 amide bonds. The highest BCUT2D eigenvalue weighted by atomic mass is 79.9. The predicted molar refractivity (Wildman–Crippen MR) is 94.7 cm³/mol. The minimum atomic E-state index is -3.63. The third-order valence-electron chi connectivity index (χ3n) is 3.23. The zero-order valence-electron chi connectivity index (χ0n) is 11.4. The van der Waals surface area contributed by atoms with E-state index < -0.39 is 10.0 Å². The van der Waals surface area contributed by atoms with Gasteiger partial charge in [0.2, 0.25) is 0 Å². The highest BCUT2D eigenvalue weighted by Gasteiger charge is 2.19. The Labute approximate surface area is 141 Å². The number of para-hydroxylation sites is 1. The van der Waals surface area contributed by atoms with Crippen LogP contribution in [0, 0.1) is 0 Å². The van der Waals surface area contributed by atoms with E-state index in [2.05, 4.69) is 20.7 Å². The highest BCUT2D eigenvalue weighted by Crippen LogP contribution is 2.34. The summed E-state index contributed by atoms with van der Waals surface area (Å²) < 4.78 is 29.9. The average molecular weight is 397 g/mol. The fourth-order valence-electron chi connectivity index (χ4n) is 2.13. The second-order valence-electron chi connectivity index (χ2n) is 4.68. The van der Waals surface area contributed by atoms with Crippen molar-refractivity contribution in [1.82, 2.24) is 0 Å². The fourth-order valence-corrected chi connectivity index (χ4v) is 5.25. The summed E-state index contributed by atoms with van der Waals surface area (Å²) in [7, 11) is -3.63. The van der Waals surface area contributed by atoms with Crippen molar-refractivity contribution >= 4 is 53.1 Å². The number of fused-ring (bicyclic) bond motifs is 1. The normalized spacial score (nSPS) is 11.7. The molecule has 3 N–H and O–H groups in total. The van der Waals surface area contributed by atoms with Gasteiger partial charge >= 0.3 is 0 Å². The van der Waals surface area contributed by atoms with E-state index >= 15 is 0 Å².